The van der Waals surface area contributed by atoms with Gasteiger partial charge in [-0.05, 0) is 11.6 Å². The summed E-state index contributed by atoms with van der Waals surface area (Å²) in [6, 6.07) is 11.8. The molecule has 1 saturated heterocycles. The quantitative estimate of drug-likeness (QED) is 0.866. The van der Waals surface area contributed by atoms with Gasteiger partial charge in [-0.2, -0.15) is 5.10 Å². The fraction of sp³-hybridized carbons (Fsp3) is 0.412. The summed E-state index contributed by atoms with van der Waals surface area (Å²) in [7, 11) is 0. The molecule has 2 heterocycles. The molecule has 0 saturated carbocycles. The van der Waals surface area contributed by atoms with Crippen molar-refractivity contribution < 1.29 is 9.53 Å². The van der Waals surface area contributed by atoms with E-state index in [0.29, 0.717) is 26.3 Å². The van der Waals surface area contributed by atoms with Gasteiger partial charge in [-0.25, -0.2) is 0 Å². The molecule has 0 spiro atoms. The van der Waals surface area contributed by atoms with Crippen molar-refractivity contribution >= 4 is 5.91 Å². The molecular formula is C17H22N4O2. The molecule has 1 aliphatic heterocycles. The second-order valence-electron chi connectivity index (χ2n) is 5.65. The van der Waals surface area contributed by atoms with E-state index in [4.69, 9.17) is 4.74 Å². The van der Waals surface area contributed by atoms with Crippen LogP contribution in [-0.2, 0) is 16.1 Å². The summed E-state index contributed by atoms with van der Waals surface area (Å²) < 4.78 is 7.16. The molecule has 6 heteroatoms. The van der Waals surface area contributed by atoms with E-state index >= 15 is 0 Å². The molecule has 1 aliphatic rings. The Labute approximate surface area is 136 Å². The van der Waals surface area contributed by atoms with Gasteiger partial charge in [0.1, 0.15) is 0 Å². The van der Waals surface area contributed by atoms with Crippen molar-refractivity contribution in [2.75, 3.05) is 32.8 Å². The van der Waals surface area contributed by atoms with Crippen LogP contribution in [0, 0.1) is 0 Å². The average molecular weight is 314 g/mol. The number of hydrogen-bond donors (Lipinski definition) is 1. The van der Waals surface area contributed by atoms with Gasteiger partial charge in [0.2, 0.25) is 5.91 Å². The molecule has 6 nitrogen and oxygen atoms in total. The molecule has 1 amide bonds. The van der Waals surface area contributed by atoms with Crippen LogP contribution in [0.3, 0.4) is 0 Å². The van der Waals surface area contributed by atoms with Crippen molar-refractivity contribution in [2.24, 2.45) is 0 Å². The highest BCUT2D eigenvalue weighted by Gasteiger charge is 2.19. The van der Waals surface area contributed by atoms with E-state index in [9.17, 15) is 4.79 Å². The van der Waals surface area contributed by atoms with Gasteiger partial charge in [-0.1, -0.05) is 30.3 Å². The number of morpholine rings is 1. The third-order valence-electron chi connectivity index (χ3n) is 3.94. The van der Waals surface area contributed by atoms with Crippen LogP contribution < -0.4 is 5.32 Å². The summed E-state index contributed by atoms with van der Waals surface area (Å²) in [5, 5.41) is 7.38. The number of ether oxygens (including phenoxy) is 1. The van der Waals surface area contributed by atoms with Crippen molar-refractivity contribution in [1.29, 1.82) is 0 Å². The van der Waals surface area contributed by atoms with Gasteiger partial charge in [0, 0.05) is 25.5 Å². The fourth-order valence-electron chi connectivity index (χ4n) is 2.72. The minimum absolute atomic E-state index is 0.0351. The number of carbonyl (C=O) groups excluding carboxylic acids is 1. The lowest BCUT2D eigenvalue weighted by molar-refractivity contribution is -0.124. The van der Waals surface area contributed by atoms with Gasteiger partial charge in [-0.3, -0.25) is 14.4 Å². The Bertz CT molecular complexity index is 594. The number of rotatable bonds is 6. The molecule has 3 rings (SSSR count). The predicted molar refractivity (Wildman–Crippen MR) is 86.8 cm³/mol. The topological polar surface area (TPSA) is 59.4 Å². The summed E-state index contributed by atoms with van der Waals surface area (Å²) in [5.74, 6) is 0.0351. The molecule has 1 aromatic carbocycles. The minimum Gasteiger partial charge on any atom is -0.379 e. The molecule has 1 N–H and O–H groups in total. The first kappa shape index (κ1) is 15.7. The molecule has 122 valence electrons. The highest BCUT2D eigenvalue weighted by Crippen LogP contribution is 2.14. The Morgan fingerprint density at radius 1 is 1.22 bits per heavy atom. The van der Waals surface area contributed by atoms with Gasteiger partial charge in [0.15, 0.2) is 0 Å². The highest BCUT2D eigenvalue weighted by molar-refractivity contribution is 5.78. The Morgan fingerprint density at radius 2 is 2.00 bits per heavy atom. The lowest BCUT2D eigenvalue weighted by Gasteiger charge is -2.27. The third-order valence-corrected chi connectivity index (χ3v) is 3.94. The zero-order valence-electron chi connectivity index (χ0n) is 13.1. The maximum absolute atomic E-state index is 12.4. The molecule has 0 unspecified atom stereocenters. The number of nitrogens with one attached hydrogen (secondary N) is 1. The number of carbonyl (C=O) groups is 1. The number of aromatic nitrogens is 2. The Kier molecular flexibility index (Phi) is 5.39. The van der Waals surface area contributed by atoms with Crippen LogP contribution in [0.2, 0.25) is 0 Å². The largest absolute Gasteiger partial charge is 0.379 e. The molecule has 0 aliphatic carbocycles. The van der Waals surface area contributed by atoms with Crippen LogP contribution in [-0.4, -0.2) is 53.4 Å². The Balaban J connectivity index is 1.64. The number of amides is 1. The Hall–Kier alpha value is -2.18. The monoisotopic (exact) mass is 314 g/mol. The van der Waals surface area contributed by atoms with Crippen LogP contribution >= 0.6 is 0 Å². The average Bonchev–Trinajstić information content (AvgIpc) is 3.09. The van der Waals surface area contributed by atoms with Crippen molar-refractivity contribution in [3.8, 4) is 0 Å². The molecular weight excluding hydrogens is 292 g/mol. The summed E-state index contributed by atoms with van der Waals surface area (Å²) in [6.45, 7) is 4.04. The van der Waals surface area contributed by atoms with Gasteiger partial charge in [0.25, 0.3) is 0 Å². The van der Waals surface area contributed by atoms with Crippen molar-refractivity contribution in [2.45, 2.75) is 12.6 Å². The molecule has 1 aromatic heterocycles. The number of benzene rings is 1. The van der Waals surface area contributed by atoms with Crippen molar-refractivity contribution in [3.63, 3.8) is 0 Å². The normalized spacial score (nSPS) is 16.9. The van der Waals surface area contributed by atoms with E-state index < -0.39 is 0 Å². The standard InChI is InChI=1S/C17H22N4O2/c22-17(14-20-9-11-23-12-10-20)19-16(13-21-8-4-7-18-21)15-5-2-1-3-6-15/h1-8,16H,9-14H2,(H,19,22)/t16-/m1/s1. The van der Waals surface area contributed by atoms with Crippen LogP contribution in [0.25, 0.3) is 0 Å². The van der Waals surface area contributed by atoms with E-state index in [2.05, 4.69) is 15.3 Å². The predicted octanol–water partition coefficient (Wildman–Crippen LogP) is 1.07. The van der Waals surface area contributed by atoms with Crippen LogP contribution in [0.4, 0.5) is 0 Å². The van der Waals surface area contributed by atoms with Crippen LogP contribution in [0.1, 0.15) is 11.6 Å². The van der Waals surface area contributed by atoms with E-state index in [-0.39, 0.29) is 11.9 Å². The minimum atomic E-state index is -0.0929. The molecule has 23 heavy (non-hydrogen) atoms. The molecule has 1 fully saturated rings. The lowest BCUT2D eigenvalue weighted by atomic mass is 10.1. The smallest absolute Gasteiger partial charge is 0.234 e. The highest BCUT2D eigenvalue weighted by atomic mass is 16.5. The van der Waals surface area contributed by atoms with E-state index in [1.54, 1.807) is 6.20 Å². The van der Waals surface area contributed by atoms with Crippen LogP contribution in [0.15, 0.2) is 48.8 Å². The second-order valence-corrected chi connectivity index (χ2v) is 5.65. The maximum Gasteiger partial charge on any atom is 0.234 e. The molecule has 0 bridgehead atoms. The Morgan fingerprint density at radius 3 is 2.70 bits per heavy atom. The van der Waals surface area contributed by atoms with Gasteiger partial charge in [0.05, 0.1) is 32.3 Å². The van der Waals surface area contributed by atoms with E-state index in [1.807, 2.05) is 47.3 Å². The van der Waals surface area contributed by atoms with Gasteiger partial charge < -0.3 is 10.1 Å². The van der Waals surface area contributed by atoms with Crippen molar-refractivity contribution in [3.05, 3.63) is 54.4 Å². The van der Waals surface area contributed by atoms with Gasteiger partial charge >= 0.3 is 0 Å². The first-order chi connectivity index (χ1) is 11.3. The molecule has 2 aromatic rings. The summed E-state index contributed by atoms with van der Waals surface area (Å²) in [5.41, 5.74) is 1.08. The van der Waals surface area contributed by atoms with Crippen molar-refractivity contribution in [1.82, 2.24) is 20.0 Å². The zero-order valence-corrected chi connectivity index (χ0v) is 13.1. The summed E-state index contributed by atoms with van der Waals surface area (Å²) in [4.78, 5) is 14.5. The molecule has 0 radical (unpaired) electrons. The van der Waals surface area contributed by atoms with Gasteiger partial charge in [-0.15, -0.1) is 0 Å². The van der Waals surface area contributed by atoms with Crippen LogP contribution in [0.5, 0.6) is 0 Å². The lowest BCUT2D eigenvalue weighted by Crippen LogP contribution is -2.44. The maximum atomic E-state index is 12.4. The zero-order chi connectivity index (χ0) is 15.9. The second kappa shape index (κ2) is 7.89. The van der Waals surface area contributed by atoms with E-state index in [0.717, 1.165) is 18.7 Å². The fourth-order valence-corrected chi connectivity index (χ4v) is 2.72. The molecule has 1 atom stereocenters. The SMILES string of the molecule is O=C(CN1CCOCC1)N[C@H](Cn1cccn1)c1ccccc1. The summed E-state index contributed by atoms with van der Waals surface area (Å²) in [6.07, 6.45) is 3.65. The number of hydrogen-bond acceptors (Lipinski definition) is 4. The first-order valence-corrected chi connectivity index (χ1v) is 7.93. The van der Waals surface area contributed by atoms with E-state index in [1.165, 1.54) is 0 Å². The number of nitrogens with zero attached hydrogens (tertiary/aromatic N) is 3. The third kappa shape index (κ3) is 4.64. The first-order valence-electron chi connectivity index (χ1n) is 7.93. The summed E-state index contributed by atoms with van der Waals surface area (Å²) >= 11 is 0.